The van der Waals surface area contributed by atoms with Gasteiger partial charge in [-0.3, -0.25) is 14.6 Å². The smallest absolute Gasteiger partial charge is 0.161 e. The summed E-state index contributed by atoms with van der Waals surface area (Å²) in [7, 11) is 0. The lowest BCUT2D eigenvalue weighted by atomic mass is 9.73. The summed E-state index contributed by atoms with van der Waals surface area (Å²) >= 11 is 0. The summed E-state index contributed by atoms with van der Waals surface area (Å²) in [4.78, 5) is 29.5. The number of nitrogens with one attached hydrogen (secondary N) is 1. The highest BCUT2D eigenvalue weighted by atomic mass is 16.1. The normalized spacial score (nSPS) is 22.4. The quantitative estimate of drug-likeness (QED) is 0.865. The van der Waals surface area contributed by atoms with Crippen molar-refractivity contribution in [2.45, 2.75) is 44.4 Å². The van der Waals surface area contributed by atoms with Gasteiger partial charge < -0.3 is 5.32 Å². The minimum absolute atomic E-state index is 0.161. The second kappa shape index (κ2) is 5.20. The predicted octanol–water partition coefficient (Wildman–Crippen LogP) is 2.78. The molecule has 0 amide bonds. The minimum atomic E-state index is -0.270. The van der Waals surface area contributed by atoms with Crippen LogP contribution in [0.5, 0.6) is 0 Å². The number of hydrogen-bond donors (Lipinski definition) is 1. The molecule has 22 heavy (non-hydrogen) atoms. The number of rotatable bonds is 1. The van der Waals surface area contributed by atoms with E-state index in [0.717, 1.165) is 53.9 Å². The van der Waals surface area contributed by atoms with Crippen molar-refractivity contribution in [3.63, 3.8) is 0 Å². The average Bonchev–Trinajstić information content (AvgIpc) is 2.54. The van der Waals surface area contributed by atoms with E-state index in [1.165, 1.54) is 0 Å². The Labute approximate surface area is 129 Å². The van der Waals surface area contributed by atoms with Crippen LogP contribution < -0.4 is 5.32 Å². The van der Waals surface area contributed by atoms with Gasteiger partial charge in [-0.2, -0.15) is 0 Å². The van der Waals surface area contributed by atoms with Crippen LogP contribution in [-0.2, 0) is 9.59 Å². The monoisotopic (exact) mass is 294 g/mol. The van der Waals surface area contributed by atoms with Crippen molar-refractivity contribution in [3.05, 3.63) is 52.6 Å². The van der Waals surface area contributed by atoms with E-state index < -0.39 is 0 Å². The summed E-state index contributed by atoms with van der Waals surface area (Å²) in [5.41, 5.74) is 4.40. The maximum atomic E-state index is 12.5. The SMILES string of the molecule is O=C1CCCC2=C1C(c1ccccn1)C1=C(CCCC1=O)N2. The Bertz CT molecular complexity index is 674. The van der Waals surface area contributed by atoms with Crippen molar-refractivity contribution >= 4 is 11.6 Å². The van der Waals surface area contributed by atoms with E-state index in [4.69, 9.17) is 0 Å². The fourth-order valence-electron chi connectivity index (χ4n) is 3.83. The van der Waals surface area contributed by atoms with Gasteiger partial charge in [0.15, 0.2) is 11.6 Å². The predicted molar refractivity (Wildman–Crippen MR) is 81.9 cm³/mol. The zero-order valence-corrected chi connectivity index (χ0v) is 12.4. The molecule has 0 atom stereocenters. The zero-order valence-electron chi connectivity index (χ0n) is 12.4. The number of pyridine rings is 1. The molecule has 4 heteroatoms. The summed E-state index contributed by atoms with van der Waals surface area (Å²) in [6.07, 6.45) is 6.41. The summed E-state index contributed by atoms with van der Waals surface area (Å²) < 4.78 is 0. The molecular formula is C18H18N2O2. The first-order chi connectivity index (χ1) is 10.8. The lowest BCUT2D eigenvalue weighted by Gasteiger charge is -2.36. The Morgan fingerprint density at radius 1 is 0.909 bits per heavy atom. The molecule has 2 aliphatic carbocycles. The minimum Gasteiger partial charge on any atom is -0.362 e. The molecule has 0 unspecified atom stereocenters. The standard InChI is InChI=1S/C18H18N2O2/c21-14-8-3-6-12-16(14)18(11-5-1-2-10-19-11)17-13(20-12)7-4-9-15(17)22/h1-2,5,10,18,20H,3-4,6-9H2. The molecule has 4 rings (SSSR count). The molecule has 0 saturated carbocycles. The first kappa shape index (κ1) is 13.4. The number of nitrogens with zero attached hydrogens (tertiary/aromatic N) is 1. The van der Waals surface area contributed by atoms with Crippen molar-refractivity contribution in [2.75, 3.05) is 0 Å². The van der Waals surface area contributed by atoms with Gasteiger partial charge in [-0.25, -0.2) is 0 Å². The van der Waals surface area contributed by atoms with E-state index in [-0.39, 0.29) is 17.5 Å². The fraction of sp³-hybridized carbons (Fsp3) is 0.389. The zero-order chi connectivity index (χ0) is 15.1. The van der Waals surface area contributed by atoms with Crippen LogP contribution in [0.4, 0.5) is 0 Å². The number of allylic oxidation sites excluding steroid dienone is 4. The summed E-state index contributed by atoms with van der Waals surface area (Å²) in [5, 5.41) is 3.41. The van der Waals surface area contributed by atoms with Crippen LogP contribution in [0.3, 0.4) is 0 Å². The topological polar surface area (TPSA) is 59.1 Å². The van der Waals surface area contributed by atoms with Gasteiger partial charge >= 0.3 is 0 Å². The lowest BCUT2D eigenvalue weighted by molar-refractivity contribution is -0.117. The first-order valence-corrected chi connectivity index (χ1v) is 7.96. The van der Waals surface area contributed by atoms with Crippen molar-refractivity contribution in [3.8, 4) is 0 Å². The number of aromatic nitrogens is 1. The maximum Gasteiger partial charge on any atom is 0.161 e. The molecule has 1 N–H and O–H groups in total. The Morgan fingerprint density at radius 2 is 1.55 bits per heavy atom. The molecule has 0 bridgehead atoms. The van der Waals surface area contributed by atoms with Crippen LogP contribution in [0.25, 0.3) is 0 Å². The number of ketones is 2. The molecule has 0 fully saturated rings. The molecule has 0 spiro atoms. The summed E-state index contributed by atoms with van der Waals surface area (Å²) in [6, 6.07) is 5.71. The van der Waals surface area contributed by atoms with Gasteiger partial charge in [0, 0.05) is 41.6 Å². The van der Waals surface area contributed by atoms with Gasteiger partial charge in [0.25, 0.3) is 0 Å². The summed E-state index contributed by atoms with van der Waals surface area (Å²) in [5.74, 6) is 0.0525. The van der Waals surface area contributed by atoms with Crippen LogP contribution in [0, 0.1) is 0 Å². The van der Waals surface area contributed by atoms with E-state index in [1.54, 1.807) is 6.20 Å². The molecule has 112 valence electrons. The molecule has 2 heterocycles. The van der Waals surface area contributed by atoms with Crippen LogP contribution in [0.15, 0.2) is 46.9 Å². The molecule has 1 aromatic rings. The van der Waals surface area contributed by atoms with Gasteiger partial charge in [0.1, 0.15) is 0 Å². The molecule has 1 aliphatic heterocycles. The van der Waals surface area contributed by atoms with E-state index in [0.29, 0.717) is 12.8 Å². The number of Topliss-reactive ketones (excluding diaryl/α,β-unsaturated/α-hetero) is 2. The molecular weight excluding hydrogens is 276 g/mol. The van der Waals surface area contributed by atoms with Crippen LogP contribution in [-0.4, -0.2) is 16.6 Å². The van der Waals surface area contributed by atoms with Crippen LogP contribution in [0.1, 0.15) is 50.1 Å². The van der Waals surface area contributed by atoms with Gasteiger partial charge in [0.05, 0.1) is 11.6 Å². The maximum absolute atomic E-state index is 12.5. The number of dihydropyridines is 1. The second-order valence-corrected chi connectivity index (χ2v) is 6.15. The third-order valence-electron chi connectivity index (χ3n) is 4.77. The number of carbonyl (C=O) groups is 2. The van der Waals surface area contributed by atoms with Crippen molar-refractivity contribution in [1.82, 2.24) is 10.3 Å². The fourth-order valence-corrected chi connectivity index (χ4v) is 3.83. The van der Waals surface area contributed by atoms with Gasteiger partial charge in [-0.15, -0.1) is 0 Å². The Morgan fingerprint density at radius 3 is 2.09 bits per heavy atom. The van der Waals surface area contributed by atoms with E-state index in [9.17, 15) is 9.59 Å². The highest BCUT2D eigenvalue weighted by Crippen LogP contribution is 2.44. The van der Waals surface area contributed by atoms with E-state index >= 15 is 0 Å². The number of carbonyl (C=O) groups excluding carboxylic acids is 2. The van der Waals surface area contributed by atoms with Gasteiger partial charge in [0.2, 0.25) is 0 Å². The Hall–Kier alpha value is -2.23. The largest absolute Gasteiger partial charge is 0.362 e. The molecule has 0 radical (unpaired) electrons. The Balaban J connectivity index is 1.91. The molecule has 4 nitrogen and oxygen atoms in total. The highest BCUT2D eigenvalue weighted by molar-refractivity contribution is 6.06. The van der Waals surface area contributed by atoms with Crippen molar-refractivity contribution < 1.29 is 9.59 Å². The molecule has 0 saturated heterocycles. The highest BCUT2D eigenvalue weighted by Gasteiger charge is 2.40. The second-order valence-electron chi connectivity index (χ2n) is 6.15. The Kier molecular flexibility index (Phi) is 3.17. The lowest BCUT2D eigenvalue weighted by Crippen LogP contribution is -2.36. The van der Waals surface area contributed by atoms with Gasteiger partial charge in [-0.1, -0.05) is 6.07 Å². The van der Waals surface area contributed by atoms with Crippen LogP contribution in [0.2, 0.25) is 0 Å². The molecule has 1 aromatic heterocycles. The van der Waals surface area contributed by atoms with Crippen molar-refractivity contribution in [2.24, 2.45) is 0 Å². The first-order valence-electron chi connectivity index (χ1n) is 7.96. The summed E-state index contributed by atoms with van der Waals surface area (Å²) in [6.45, 7) is 0. The number of hydrogen-bond acceptors (Lipinski definition) is 4. The van der Waals surface area contributed by atoms with Crippen molar-refractivity contribution in [1.29, 1.82) is 0 Å². The third kappa shape index (κ3) is 2.02. The molecule has 3 aliphatic rings. The van der Waals surface area contributed by atoms with Crippen LogP contribution >= 0.6 is 0 Å². The van der Waals surface area contributed by atoms with Gasteiger partial charge in [-0.05, 0) is 37.8 Å². The van der Waals surface area contributed by atoms with E-state index in [2.05, 4.69) is 10.3 Å². The molecule has 0 aromatic carbocycles. The van der Waals surface area contributed by atoms with E-state index in [1.807, 2.05) is 18.2 Å². The third-order valence-corrected chi connectivity index (χ3v) is 4.77. The average molecular weight is 294 g/mol.